The Kier molecular flexibility index (Phi) is 5.04. The van der Waals surface area contributed by atoms with Crippen molar-refractivity contribution in [2.24, 2.45) is 0 Å². The summed E-state index contributed by atoms with van der Waals surface area (Å²) in [6, 6.07) is 6.58. The highest BCUT2D eigenvalue weighted by Crippen LogP contribution is 2.45. The van der Waals surface area contributed by atoms with E-state index in [-0.39, 0.29) is 12.4 Å². The number of nitrogens with zero attached hydrogens (tertiary/aromatic N) is 1. The molecule has 0 radical (unpaired) electrons. The van der Waals surface area contributed by atoms with Crippen molar-refractivity contribution >= 4 is 24.2 Å². The Morgan fingerprint density at radius 3 is 3.05 bits per heavy atom. The summed E-state index contributed by atoms with van der Waals surface area (Å²) in [7, 11) is 0. The zero-order chi connectivity index (χ0) is 12.5. The molecular weight excluding hydrogens is 278 g/mol. The maximum Gasteiger partial charge on any atom is 0.115 e. The molecule has 2 nitrogen and oxygen atoms in total. The van der Waals surface area contributed by atoms with Crippen LogP contribution in [-0.4, -0.2) is 34.9 Å². The lowest BCUT2D eigenvalue weighted by atomic mass is 9.83. The Labute approximate surface area is 126 Å². The molecule has 1 N–H and O–H groups in total. The molecule has 2 heterocycles. The number of thioether (sulfide) groups is 1. The number of halogens is 1. The minimum atomic E-state index is 0. The fraction of sp³-hybridized carbons (Fsp3) is 0.600. The molecule has 4 heteroatoms. The highest BCUT2D eigenvalue weighted by atomic mass is 35.5. The van der Waals surface area contributed by atoms with Crippen molar-refractivity contribution in [3.63, 3.8) is 0 Å². The van der Waals surface area contributed by atoms with Crippen molar-refractivity contribution in [2.75, 3.05) is 18.8 Å². The molecule has 1 fully saturated rings. The first-order chi connectivity index (χ1) is 8.79. The van der Waals surface area contributed by atoms with Gasteiger partial charge in [-0.15, -0.1) is 24.2 Å². The molecule has 3 rings (SSSR count). The smallest absolute Gasteiger partial charge is 0.115 e. The van der Waals surface area contributed by atoms with Crippen molar-refractivity contribution in [1.82, 2.24) is 4.90 Å². The van der Waals surface area contributed by atoms with Gasteiger partial charge in [0.15, 0.2) is 0 Å². The van der Waals surface area contributed by atoms with Gasteiger partial charge in [-0.05, 0) is 56.1 Å². The predicted octanol–water partition coefficient (Wildman–Crippen LogP) is 3.88. The predicted molar refractivity (Wildman–Crippen MR) is 83.7 cm³/mol. The van der Waals surface area contributed by atoms with Gasteiger partial charge in [-0.25, -0.2) is 0 Å². The highest BCUT2D eigenvalue weighted by molar-refractivity contribution is 7.99. The molecule has 0 amide bonds. The molecule has 0 bridgehead atoms. The Morgan fingerprint density at radius 1 is 1.42 bits per heavy atom. The van der Waals surface area contributed by atoms with E-state index < -0.39 is 0 Å². The van der Waals surface area contributed by atoms with Gasteiger partial charge in [0, 0.05) is 22.6 Å². The first kappa shape index (κ1) is 15.0. The van der Waals surface area contributed by atoms with Gasteiger partial charge in [-0.2, -0.15) is 0 Å². The molecule has 0 aliphatic carbocycles. The quantitative estimate of drug-likeness (QED) is 0.896. The van der Waals surface area contributed by atoms with Gasteiger partial charge < -0.3 is 5.11 Å². The van der Waals surface area contributed by atoms with E-state index in [0.717, 1.165) is 0 Å². The van der Waals surface area contributed by atoms with Crippen LogP contribution in [0.3, 0.4) is 0 Å². The van der Waals surface area contributed by atoms with Crippen molar-refractivity contribution in [3.05, 3.63) is 23.8 Å². The van der Waals surface area contributed by atoms with Gasteiger partial charge in [-0.1, -0.05) is 6.92 Å². The van der Waals surface area contributed by atoms with Gasteiger partial charge in [0.25, 0.3) is 0 Å². The van der Waals surface area contributed by atoms with E-state index >= 15 is 0 Å². The standard InChI is InChI=1S/C15H21NOS.ClH/c1-2-7-16-8-3-4-12-13-9-11(17)5-6-15(13)18-10-14(12)16;/h5-6,9,12,14,17H,2-4,7-8,10H2,1H3;1H/t12-,14-;/m1./s1. The lowest BCUT2D eigenvalue weighted by Gasteiger charge is -2.44. The molecule has 0 saturated carbocycles. The van der Waals surface area contributed by atoms with E-state index in [2.05, 4.69) is 17.9 Å². The molecule has 1 aromatic rings. The third kappa shape index (κ3) is 2.88. The summed E-state index contributed by atoms with van der Waals surface area (Å²) >= 11 is 1.96. The first-order valence-corrected chi connectivity index (χ1v) is 7.98. The van der Waals surface area contributed by atoms with E-state index in [1.165, 1.54) is 48.6 Å². The lowest BCUT2D eigenvalue weighted by molar-refractivity contribution is 0.139. The Hall–Kier alpha value is -0.380. The van der Waals surface area contributed by atoms with Gasteiger partial charge in [0.2, 0.25) is 0 Å². The summed E-state index contributed by atoms with van der Waals surface area (Å²) in [5.41, 5.74) is 1.39. The number of rotatable bonds is 2. The molecule has 0 spiro atoms. The molecule has 19 heavy (non-hydrogen) atoms. The van der Waals surface area contributed by atoms with Crippen molar-refractivity contribution < 1.29 is 5.11 Å². The van der Waals surface area contributed by atoms with Crippen LogP contribution in [0.1, 0.15) is 37.7 Å². The van der Waals surface area contributed by atoms with Crippen LogP contribution >= 0.6 is 24.2 Å². The first-order valence-electron chi connectivity index (χ1n) is 6.99. The fourth-order valence-electron chi connectivity index (χ4n) is 3.41. The van der Waals surface area contributed by atoms with Crippen molar-refractivity contribution in [3.8, 4) is 5.75 Å². The van der Waals surface area contributed by atoms with Crippen molar-refractivity contribution in [1.29, 1.82) is 0 Å². The molecule has 1 saturated heterocycles. The molecule has 0 unspecified atom stereocenters. The normalized spacial score (nSPS) is 26.2. The molecule has 2 atom stereocenters. The number of benzene rings is 1. The fourth-order valence-corrected chi connectivity index (χ4v) is 4.74. The number of phenols is 1. The summed E-state index contributed by atoms with van der Waals surface area (Å²) in [5, 5.41) is 9.72. The Balaban J connectivity index is 0.00000133. The maximum atomic E-state index is 9.72. The summed E-state index contributed by atoms with van der Waals surface area (Å²) in [4.78, 5) is 4.04. The van der Waals surface area contributed by atoms with Crippen LogP contribution in [0, 0.1) is 0 Å². The summed E-state index contributed by atoms with van der Waals surface area (Å²) in [6.45, 7) is 4.74. The van der Waals surface area contributed by atoms with E-state index in [9.17, 15) is 5.11 Å². The van der Waals surface area contributed by atoms with Gasteiger partial charge in [-0.3, -0.25) is 4.90 Å². The molecular formula is C15H22ClNOS. The van der Waals surface area contributed by atoms with E-state index in [1.807, 2.05) is 23.9 Å². The minimum absolute atomic E-state index is 0. The largest absolute Gasteiger partial charge is 0.508 e. The van der Waals surface area contributed by atoms with E-state index in [4.69, 9.17) is 0 Å². The third-order valence-electron chi connectivity index (χ3n) is 4.21. The number of aromatic hydroxyl groups is 1. The summed E-state index contributed by atoms with van der Waals surface area (Å²) < 4.78 is 0. The maximum absolute atomic E-state index is 9.72. The highest BCUT2D eigenvalue weighted by Gasteiger charge is 2.36. The van der Waals surface area contributed by atoms with E-state index in [1.54, 1.807) is 0 Å². The number of hydrogen-bond donors (Lipinski definition) is 1. The zero-order valence-electron chi connectivity index (χ0n) is 11.3. The zero-order valence-corrected chi connectivity index (χ0v) is 13.0. The average Bonchev–Trinajstić information content (AvgIpc) is 2.39. The molecule has 2 aliphatic rings. The Morgan fingerprint density at radius 2 is 2.26 bits per heavy atom. The van der Waals surface area contributed by atoms with Crippen LogP contribution in [-0.2, 0) is 0 Å². The number of fused-ring (bicyclic) bond motifs is 3. The van der Waals surface area contributed by atoms with Crippen LogP contribution in [0.4, 0.5) is 0 Å². The number of piperidine rings is 1. The molecule has 0 aromatic heterocycles. The van der Waals surface area contributed by atoms with Crippen molar-refractivity contribution in [2.45, 2.75) is 43.0 Å². The molecule has 106 valence electrons. The van der Waals surface area contributed by atoms with Gasteiger partial charge in [0.1, 0.15) is 5.75 Å². The van der Waals surface area contributed by atoms with Gasteiger partial charge in [0.05, 0.1) is 0 Å². The van der Waals surface area contributed by atoms with E-state index in [0.29, 0.717) is 17.7 Å². The van der Waals surface area contributed by atoms with Crippen LogP contribution in [0.15, 0.2) is 23.1 Å². The summed E-state index contributed by atoms with van der Waals surface area (Å²) in [5.74, 6) is 2.26. The van der Waals surface area contributed by atoms with Gasteiger partial charge >= 0.3 is 0 Å². The summed E-state index contributed by atoms with van der Waals surface area (Å²) in [6.07, 6.45) is 3.81. The SMILES string of the molecule is CCCN1CCC[C@@H]2c3cc(O)ccc3SC[C@H]21.Cl. The average molecular weight is 300 g/mol. The third-order valence-corrected chi connectivity index (χ3v) is 5.40. The topological polar surface area (TPSA) is 23.5 Å². The second kappa shape index (κ2) is 6.38. The minimum Gasteiger partial charge on any atom is -0.508 e. The van der Waals surface area contributed by atoms with Crippen LogP contribution < -0.4 is 0 Å². The monoisotopic (exact) mass is 299 g/mol. The number of hydrogen-bond acceptors (Lipinski definition) is 3. The number of likely N-dealkylation sites (tertiary alicyclic amines) is 1. The lowest BCUT2D eigenvalue weighted by Crippen LogP contribution is -2.47. The second-order valence-corrected chi connectivity index (χ2v) is 6.45. The Bertz CT molecular complexity index is 438. The number of phenolic OH excluding ortho intramolecular Hbond substituents is 1. The van der Waals surface area contributed by atoms with Crippen LogP contribution in [0.5, 0.6) is 5.75 Å². The van der Waals surface area contributed by atoms with Crippen LogP contribution in [0.25, 0.3) is 0 Å². The second-order valence-electron chi connectivity index (χ2n) is 5.39. The molecule has 2 aliphatic heterocycles. The molecule has 1 aromatic carbocycles. The van der Waals surface area contributed by atoms with Crippen LogP contribution in [0.2, 0.25) is 0 Å².